The summed E-state index contributed by atoms with van der Waals surface area (Å²) in [4.78, 5) is 26.5. The molecule has 0 spiro atoms. The van der Waals surface area contributed by atoms with Crippen molar-refractivity contribution in [1.29, 1.82) is 0 Å². The number of carbonyl (C=O) groups is 2. The molecule has 1 aromatic rings. The third-order valence-corrected chi connectivity index (χ3v) is 2.88. The van der Waals surface area contributed by atoms with Gasteiger partial charge in [-0.15, -0.1) is 0 Å². The van der Waals surface area contributed by atoms with Crippen molar-refractivity contribution in [3.63, 3.8) is 0 Å². The van der Waals surface area contributed by atoms with Gasteiger partial charge in [0, 0.05) is 24.7 Å². The third-order valence-electron chi connectivity index (χ3n) is 2.88. The highest BCUT2D eigenvalue weighted by Crippen LogP contribution is 2.28. The van der Waals surface area contributed by atoms with Gasteiger partial charge in [-0.1, -0.05) is 0 Å². The Kier molecular flexibility index (Phi) is 3.99. The first-order valence-corrected chi connectivity index (χ1v) is 6.30. The van der Waals surface area contributed by atoms with E-state index in [-0.39, 0.29) is 17.4 Å². The molecule has 1 aromatic heterocycles. The molecular weight excluding hydrogens is 246 g/mol. The molecule has 1 amide bonds. The van der Waals surface area contributed by atoms with Crippen molar-refractivity contribution in [3.05, 3.63) is 23.4 Å². The molecule has 2 rings (SSSR count). The molecule has 102 valence electrons. The molecule has 0 aromatic carbocycles. The summed E-state index contributed by atoms with van der Waals surface area (Å²) in [5.74, 6) is -0.158. The lowest BCUT2D eigenvalue weighted by Crippen LogP contribution is -2.30. The number of carbonyl (C=O) groups excluding carboxylic acids is 1. The Labute approximate surface area is 111 Å². The van der Waals surface area contributed by atoms with E-state index < -0.39 is 5.97 Å². The van der Waals surface area contributed by atoms with Crippen LogP contribution in [0.1, 0.15) is 28.9 Å². The van der Waals surface area contributed by atoms with Crippen LogP contribution in [0.4, 0.5) is 5.82 Å². The number of aromatic carboxylic acids is 1. The fourth-order valence-corrected chi connectivity index (χ4v) is 1.75. The van der Waals surface area contributed by atoms with Crippen LogP contribution in [-0.4, -0.2) is 35.1 Å². The molecule has 1 saturated carbocycles. The average Bonchev–Trinajstić information content (AvgIpc) is 3.17. The zero-order valence-electron chi connectivity index (χ0n) is 10.8. The van der Waals surface area contributed by atoms with Gasteiger partial charge in [0.05, 0.1) is 5.56 Å². The zero-order valence-corrected chi connectivity index (χ0v) is 10.8. The Bertz CT molecular complexity index is 498. The summed E-state index contributed by atoms with van der Waals surface area (Å²) < 4.78 is 0. The highest BCUT2D eigenvalue weighted by molar-refractivity contribution is 5.88. The largest absolute Gasteiger partial charge is 0.478 e. The van der Waals surface area contributed by atoms with Crippen molar-refractivity contribution in [2.24, 2.45) is 5.92 Å². The Morgan fingerprint density at radius 3 is 2.74 bits per heavy atom. The minimum absolute atomic E-state index is 0.102. The lowest BCUT2D eigenvalue weighted by atomic mass is 10.2. The van der Waals surface area contributed by atoms with E-state index >= 15 is 0 Å². The second-order valence-electron chi connectivity index (χ2n) is 4.68. The van der Waals surface area contributed by atoms with E-state index in [1.165, 1.54) is 12.1 Å². The minimum atomic E-state index is -0.976. The van der Waals surface area contributed by atoms with Gasteiger partial charge in [-0.25, -0.2) is 9.78 Å². The van der Waals surface area contributed by atoms with Gasteiger partial charge in [0.25, 0.3) is 0 Å². The number of anilines is 1. The normalized spacial score (nSPS) is 13.9. The standard InChI is InChI=1S/C13H17N3O3/c1-8-6-10(13(18)19)7-11(16-8)14-4-5-15-12(17)9-2-3-9/h6-7,9H,2-5H2,1H3,(H,14,16)(H,15,17)(H,18,19). The van der Waals surface area contributed by atoms with Crippen molar-refractivity contribution in [2.75, 3.05) is 18.4 Å². The molecule has 1 aliphatic carbocycles. The van der Waals surface area contributed by atoms with Crippen LogP contribution in [0, 0.1) is 12.8 Å². The number of rotatable bonds is 6. The lowest BCUT2D eigenvalue weighted by Gasteiger charge is -2.08. The monoisotopic (exact) mass is 263 g/mol. The third kappa shape index (κ3) is 3.94. The van der Waals surface area contributed by atoms with Gasteiger partial charge < -0.3 is 15.7 Å². The van der Waals surface area contributed by atoms with Crippen molar-refractivity contribution in [2.45, 2.75) is 19.8 Å². The van der Waals surface area contributed by atoms with Crippen LogP contribution < -0.4 is 10.6 Å². The number of hydrogen-bond acceptors (Lipinski definition) is 4. The molecule has 1 heterocycles. The topological polar surface area (TPSA) is 91.3 Å². The molecule has 1 fully saturated rings. The van der Waals surface area contributed by atoms with Gasteiger partial charge in [0.2, 0.25) is 5.91 Å². The van der Waals surface area contributed by atoms with Crippen molar-refractivity contribution in [3.8, 4) is 0 Å². The molecule has 0 atom stereocenters. The summed E-state index contributed by atoms with van der Waals surface area (Å²) in [5, 5.41) is 14.8. The smallest absolute Gasteiger partial charge is 0.335 e. The van der Waals surface area contributed by atoms with Crippen LogP contribution in [0.15, 0.2) is 12.1 Å². The van der Waals surface area contributed by atoms with Crippen LogP contribution in [0.5, 0.6) is 0 Å². The summed E-state index contributed by atoms with van der Waals surface area (Å²) in [5.41, 5.74) is 0.849. The van der Waals surface area contributed by atoms with Crippen LogP contribution in [-0.2, 0) is 4.79 Å². The molecular formula is C13H17N3O3. The van der Waals surface area contributed by atoms with Crippen LogP contribution >= 0.6 is 0 Å². The molecule has 0 unspecified atom stereocenters. The molecule has 6 nitrogen and oxygen atoms in total. The first-order chi connectivity index (χ1) is 9.06. The van der Waals surface area contributed by atoms with Gasteiger partial charge >= 0.3 is 5.97 Å². The molecule has 1 aliphatic rings. The van der Waals surface area contributed by atoms with E-state index in [1.54, 1.807) is 6.92 Å². The van der Waals surface area contributed by atoms with Crippen molar-refractivity contribution >= 4 is 17.7 Å². The molecule has 3 N–H and O–H groups in total. The number of nitrogens with one attached hydrogen (secondary N) is 2. The van der Waals surface area contributed by atoms with Crippen molar-refractivity contribution < 1.29 is 14.7 Å². The Balaban J connectivity index is 1.81. The maximum absolute atomic E-state index is 11.4. The van der Waals surface area contributed by atoms with E-state index in [4.69, 9.17) is 5.11 Å². The maximum atomic E-state index is 11.4. The fraction of sp³-hybridized carbons (Fsp3) is 0.462. The first kappa shape index (κ1) is 13.3. The predicted octanol–water partition coefficient (Wildman–Crippen LogP) is 1.03. The zero-order chi connectivity index (χ0) is 13.8. The number of pyridine rings is 1. The molecule has 0 aliphatic heterocycles. The molecule has 19 heavy (non-hydrogen) atoms. The number of hydrogen-bond donors (Lipinski definition) is 3. The quantitative estimate of drug-likeness (QED) is 0.667. The number of aromatic nitrogens is 1. The SMILES string of the molecule is Cc1cc(C(=O)O)cc(NCCNC(=O)C2CC2)n1. The molecule has 6 heteroatoms. The van der Waals surface area contributed by atoms with E-state index in [0.717, 1.165) is 12.8 Å². The summed E-state index contributed by atoms with van der Waals surface area (Å²) in [6.45, 7) is 2.77. The van der Waals surface area contributed by atoms with Crippen LogP contribution in [0.2, 0.25) is 0 Å². The van der Waals surface area contributed by atoms with Gasteiger partial charge in [-0.2, -0.15) is 0 Å². The van der Waals surface area contributed by atoms with Crippen LogP contribution in [0.25, 0.3) is 0 Å². The second kappa shape index (κ2) is 5.69. The first-order valence-electron chi connectivity index (χ1n) is 6.30. The number of aryl methyl sites for hydroxylation is 1. The Hall–Kier alpha value is -2.11. The summed E-state index contributed by atoms with van der Waals surface area (Å²) in [6.07, 6.45) is 1.97. The molecule has 0 radical (unpaired) electrons. The van der Waals surface area contributed by atoms with E-state index in [0.29, 0.717) is 24.6 Å². The number of amides is 1. The van der Waals surface area contributed by atoms with Gasteiger partial charge in [-0.05, 0) is 31.9 Å². The minimum Gasteiger partial charge on any atom is -0.478 e. The number of carboxylic acids is 1. The van der Waals surface area contributed by atoms with Gasteiger partial charge in [0.15, 0.2) is 0 Å². The fourth-order valence-electron chi connectivity index (χ4n) is 1.75. The predicted molar refractivity (Wildman–Crippen MR) is 70.2 cm³/mol. The highest BCUT2D eigenvalue weighted by Gasteiger charge is 2.28. The van der Waals surface area contributed by atoms with E-state index in [9.17, 15) is 9.59 Å². The van der Waals surface area contributed by atoms with E-state index in [1.807, 2.05) is 0 Å². The summed E-state index contributed by atoms with van der Waals surface area (Å²) in [7, 11) is 0. The van der Waals surface area contributed by atoms with Crippen molar-refractivity contribution in [1.82, 2.24) is 10.3 Å². The lowest BCUT2D eigenvalue weighted by molar-refractivity contribution is -0.122. The maximum Gasteiger partial charge on any atom is 0.335 e. The number of carboxylic acid groups (broad SMARTS) is 1. The van der Waals surface area contributed by atoms with Gasteiger partial charge in [-0.3, -0.25) is 4.79 Å². The van der Waals surface area contributed by atoms with Crippen LogP contribution in [0.3, 0.4) is 0 Å². The summed E-state index contributed by atoms with van der Waals surface area (Å²) in [6, 6.07) is 3.00. The highest BCUT2D eigenvalue weighted by atomic mass is 16.4. The second-order valence-corrected chi connectivity index (χ2v) is 4.68. The molecule has 0 bridgehead atoms. The number of nitrogens with zero attached hydrogens (tertiary/aromatic N) is 1. The molecule has 0 saturated heterocycles. The Morgan fingerprint density at radius 1 is 1.37 bits per heavy atom. The van der Waals surface area contributed by atoms with Gasteiger partial charge in [0.1, 0.15) is 5.82 Å². The van der Waals surface area contributed by atoms with E-state index in [2.05, 4.69) is 15.6 Å². The Morgan fingerprint density at radius 2 is 2.11 bits per heavy atom. The average molecular weight is 263 g/mol. The summed E-state index contributed by atoms with van der Waals surface area (Å²) >= 11 is 0.